The first-order chi connectivity index (χ1) is 16.6. The van der Waals surface area contributed by atoms with E-state index < -0.39 is 0 Å². The molecule has 2 aliphatic rings. The number of H-pyrrole nitrogens is 1. The number of rotatable bonds is 6. The standard InChI is InChI=1S/C26H33FN4O3/c1-17-21(16-34-30-17)24(32)15-20(18-7-5-3-2-4-6-8-18)26-28-23-14-19(13-22(27)25(23)29-26)31-9-11-33-12-10-31/h13-14,16,18,20H,2-12,15H2,1H3,(H,28,29). The Bertz CT molecular complexity index is 1130. The van der Waals surface area contributed by atoms with Gasteiger partial charge < -0.3 is 19.1 Å². The van der Waals surface area contributed by atoms with Crippen LogP contribution in [-0.2, 0) is 4.74 Å². The maximum atomic E-state index is 15.2. The maximum Gasteiger partial charge on any atom is 0.168 e. The van der Waals surface area contributed by atoms with E-state index in [1.54, 1.807) is 13.0 Å². The second-order valence-electron chi connectivity index (χ2n) is 9.70. The first-order valence-electron chi connectivity index (χ1n) is 12.6. The Morgan fingerprint density at radius 3 is 2.62 bits per heavy atom. The molecule has 8 heteroatoms. The molecule has 1 saturated heterocycles. The van der Waals surface area contributed by atoms with E-state index in [2.05, 4.69) is 15.0 Å². The summed E-state index contributed by atoms with van der Waals surface area (Å²) in [5.41, 5.74) is 2.99. The second-order valence-corrected chi connectivity index (χ2v) is 9.70. The summed E-state index contributed by atoms with van der Waals surface area (Å²) in [6.45, 7) is 4.54. The average Bonchev–Trinajstić information content (AvgIpc) is 3.45. The van der Waals surface area contributed by atoms with Crippen molar-refractivity contribution in [2.75, 3.05) is 31.2 Å². The molecule has 0 radical (unpaired) electrons. The molecule has 5 rings (SSSR count). The lowest BCUT2D eigenvalue weighted by molar-refractivity contribution is 0.0956. The van der Waals surface area contributed by atoms with Crippen molar-refractivity contribution in [1.82, 2.24) is 15.1 Å². The fraction of sp³-hybridized carbons (Fsp3) is 0.577. The van der Waals surface area contributed by atoms with Gasteiger partial charge in [0.25, 0.3) is 0 Å². The molecular weight excluding hydrogens is 435 g/mol. The number of anilines is 1. The minimum atomic E-state index is -0.334. The number of carbonyl (C=O) groups excluding carboxylic acids is 1. The smallest absolute Gasteiger partial charge is 0.168 e. The summed E-state index contributed by atoms with van der Waals surface area (Å²) >= 11 is 0. The van der Waals surface area contributed by atoms with Gasteiger partial charge in [-0.05, 0) is 37.8 Å². The van der Waals surface area contributed by atoms with Gasteiger partial charge in [0.05, 0.1) is 30.0 Å². The summed E-state index contributed by atoms with van der Waals surface area (Å²) in [7, 11) is 0. The molecule has 1 N–H and O–H groups in total. The van der Waals surface area contributed by atoms with E-state index in [0.29, 0.717) is 53.7 Å². The third-order valence-corrected chi connectivity index (χ3v) is 7.45. The van der Waals surface area contributed by atoms with Crippen molar-refractivity contribution >= 4 is 22.5 Å². The highest BCUT2D eigenvalue weighted by Crippen LogP contribution is 2.38. The van der Waals surface area contributed by atoms with Gasteiger partial charge in [-0.1, -0.05) is 37.3 Å². The van der Waals surface area contributed by atoms with Gasteiger partial charge in [-0.2, -0.15) is 0 Å². The zero-order valence-electron chi connectivity index (χ0n) is 19.8. The van der Waals surface area contributed by atoms with Crippen molar-refractivity contribution in [2.45, 2.75) is 64.2 Å². The van der Waals surface area contributed by atoms with Gasteiger partial charge in [-0.25, -0.2) is 9.37 Å². The molecule has 2 aromatic heterocycles. The number of ether oxygens (including phenoxy) is 1. The van der Waals surface area contributed by atoms with Gasteiger partial charge in [0, 0.05) is 31.1 Å². The van der Waals surface area contributed by atoms with Crippen molar-refractivity contribution in [3.8, 4) is 0 Å². The van der Waals surface area contributed by atoms with Crippen LogP contribution in [0.15, 0.2) is 22.9 Å². The van der Waals surface area contributed by atoms with Crippen LogP contribution in [0.3, 0.4) is 0 Å². The number of morpholine rings is 1. The van der Waals surface area contributed by atoms with E-state index in [4.69, 9.17) is 14.2 Å². The van der Waals surface area contributed by atoms with E-state index in [1.165, 1.54) is 25.5 Å². The zero-order chi connectivity index (χ0) is 23.5. The Hall–Kier alpha value is -2.74. The number of aryl methyl sites for hydroxylation is 1. The third kappa shape index (κ3) is 4.87. The number of fused-ring (bicyclic) bond motifs is 1. The number of aromatic amines is 1. The maximum absolute atomic E-state index is 15.2. The topological polar surface area (TPSA) is 84.2 Å². The highest BCUT2D eigenvalue weighted by atomic mass is 19.1. The van der Waals surface area contributed by atoms with Crippen LogP contribution < -0.4 is 4.90 Å². The molecule has 0 spiro atoms. The number of nitrogens with zero attached hydrogens (tertiary/aromatic N) is 3. The zero-order valence-corrected chi connectivity index (χ0v) is 19.8. The van der Waals surface area contributed by atoms with Crippen LogP contribution in [0, 0.1) is 18.7 Å². The normalized spacial score (nSPS) is 19.2. The minimum absolute atomic E-state index is 0.000688. The van der Waals surface area contributed by atoms with Crippen molar-refractivity contribution in [2.24, 2.45) is 5.92 Å². The van der Waals surface area contributed by atoms with Crippen LogP contribution in [0.2, 0.25) is 0 Å². The number of aromatic nitrogens is 3. The van der Waals surface area contributed by atoms with Crippen LogP contribution in [0.25, 0.3) is 11.0 Å². The third-order valence-electron chi connectivity index (χ3n) is 7.45. The Morgan fingerprint density at radius 1 is 1.18 bits per heavy atom. The Kier molecular flexibility index (Phi) is 6.94. The number of halogens is 1. The molecule has 0 amide bonds. The van der Waals surface area contributed by atoms with Crippen LogP contribution in [-0.4, -0.2) is 47.2 Å². The molecule has 1 aliphatic carbocycles. The molecule has 34 heavy (non-hydrogen) atoms. The van der Waals surface area contributed by atoms with Crippen molar-refractivity contribution < 1.29 is 18.4 Å². The molecule has 1 atom stereocenters. The summed E-state index contributed by atoms with van der Waals surface area (Å²) in [5, 5.41) is 3.88. The lowest BCUT2D eigenvalue weighted by atomic mass is 9.78. The highest BCUT2D eigenvalue weighted by Gasteiger charge is 2.30. The molecule has 1 saturated carbocycles. The number of imidazole rings is 1. The number of nitrogens with one attached hydrogen (secondary N) is 1. The predicted octanol–water partition coefficient (Wildman–Crippen LogP) is 5.55. The van der Waals surface area contributed by atoms with Crippen LogP contribution in [0.1, 0.15) is 79.2 Å². The number of hydrogen-bond donors (Lipinski definition) is 1. The first-order valence-corrected chi connectivity index (χ1v) is 12.6. The Morgan fingerprint density at radius 2 is 1.91 bits per heavy atom. The number of benzene rings is 1. The predicted molar refractivity (Wildman–Crippen MR) is 128 cm³/mol. The highest BCUT2D eigenvalue weighted by molar-refractivity contribution is 5.97. The van der Waals surface area contributed by atoms with E-state index >= 15 is 4.39 Å². The molecule has 1 aliphatic heterocycles. The molecule has 1 unspecified atom stereocenters. The van der Waals surface area contributed by atoms with Crippen LogP contribution in [0.4, 0.5) is 10.1 Å². The Labute approximate surface area is 199 Å². The van der Waals surface area contributed by atoms with Gasteiger partial charge in [-0.3, -0.25) is 4.79 Å². The SMILES string of the molecule is Cc1nocc1C(=O)CC(c1nc2c(F)cc(N3CCOCC3)cc2[nH]1)C1CCCCCCC1. The monoisotopic (exact) mass is 468 g/mol. The van der Waals surface area contributed by atoms with E-state index in [1.807, 2.05) is 6.07 Å². The lowest BCUT2D eigenvalue weighted by Gasteiger charge is -2.28. The number of ketones is 1. The molecular formula is C26H33FN4O3. The summed E-state index contributed by atoms with van der Waals surface area (Å²) in [6.07, 6.45) is 9.87. The molecule has 2 fully saturated rings. The summed E-state index contributed by atoms with van der Waals surface area (Å²) < 4.78 is 25.6. The number of Topliss-reactive ketones (excluding diaryl/α,β-unsaturated/α-hetero) is 1. The van der Waals surface area contributed by atoms with Gasteiger partial charge in [-0.15, -0.1) is 0 Å². The quantitative estimate of drug-likeness (QED) is 0.478. The van der Waals surface area contributed by atoms with Gasteiger partial charge in [0.2, 0.25) is 0 Å². The second kappa shape index (κ2) is 10.3. The van der Waals surface area contributed by atoms with Gasteiger partial charge >= 0.3 is 0 Å². The fourth-order valence-corrected chi connectivity index (χ4v) is 5.51. The molecule has 0 bridgehead atoms. The summed E-state index contributed by atoms with van der Waals surface area (Å²) in [6, 6.07) is 3.54. The Balaban J connectivity index is 1.48. The molecule has 1 aromatic carbocycles. The largest absolute Gasteiger partial charge is 0.378 e. The number of carbonyl (C=O) groups is 1. The molecule has 3 aromatic rings. The van der Waals surface area contributed by atoms with E-state index in [0.717, 1.165) is 44.5 Å². The summed E-state index contributed by atoms with van der Waals surface area (Å²) in [5.74, 6) is 0.603. The number of hydrogen-bond acceptors (Lipinski definition) is 6. The average molecular weight is 469 g/mol. The first kappa shape index (κ1) is 23.0. The fourth-order valence-electron chi connectivity index (χ4n) is 5.51. The van der Waals surface area contributed by atoms with Crippen molar-refractivity contribution in [3.05, 3.63) is 41.3 Å². The van der Waals surface area contributed by atoms with Crippen molar-refractivity contribution in [3.63, 3.8) is 0 Å². The van der Waals surface area contributed by atoms with E-state index in [-0.39, 0.29) is 17.5 Å². The summed E-state index contributed by atoms with van der Waals surface area (Å²) in [4.78, 5) is 23.5. The van der Waals surface area contributed by atoms with Crippen LogP contribution >= 0.6 is 0 Å². The molecule has 7 nitrogen and oxygen atoms in total. The molecule has 182 valence electrons. The lowest BCUT2D eigenvalue weighted by Crippen LogP contribution is -2.36. The van der Waals surface area contributed by atoms with Gasteiger partial charge in [0.1, 0.15) is 17.6 Å². The van der Waals surface area contributed by atoms with E-state index in [9.17, 15) is 4.79 Å². The van der Waals surface area contributed by atoms with Gasteiger partial charge in [0.15, 0.2) is 11.6 Å². The van der Waals surface area contributed by atoms with Crippen LogP contribution in [0.5, 0.6) is 0 Å². The minimum Gasteiger partial charge on any atom is -0.378 e. The van der Waals surface area contributed by atoms with Crippen molar-refractivity contribution in [1.29, 1.82) is 0 Å². The molecule has 3 heterocycles.